The average Bonchev–Trinajstić information content (AvgIpc) is 3.15. The molecule has 5 atom stereocenters. The van der Waals surface area contributed by atoms with Crippen LogP contribution in [-0.2, 0) is 33.2 Å². The van der Waals surface area contributed by atoms with Gasteiger partial charge in [-0.05, 0) is 55.0 Å². The highest BCUT2D eigenvalue weighted by molar-refractivity contribution is 5.91. The zero-order valence-corrected chi connectivity index (χ0v) is 26.7. The second kappa shape index (κ2) is 17.5. The number of aliphatic carboxylic acids is 1. The van der Waals surface area contributed by atoms with Crippen molar-refractivity contribution in [2.75, 3.05) is 13.2 Å². The second-order valence-electron chi connectivity index (χ2n) is 11.1. The Morgan fingerprint density at radius 3 is 1.38 bits per heavy atom. The molecule has 4 aromatic rings. The minimum Gasteiger partial charge on any atom is -0.481 e. The van der Waals surface area contributed by atoms with Crippen LogP contribution in [0.15, 0.2) is 121 Å². The first kappa shape index (κ1) is 35.5. The van der Waals surface area contributed by atoms with Crippen molar-refractivity contribution in [1.29, 1.82) is 0 Å². The van der Waals surface area contributed by atoms with E-state index in [1.165, 1.54) is 36.4 Å². The van der Waals surface area contributed by atoms with E-state index in [0.717, 1.165) is 0 Å². The van der Waals surface area contributed by atoms with E-state index >= 15 is 0 Å². The van der Waals surface area contributed by atoms with Gasteiger partial charge >= 0.3 is 29.8 Å². The number of ether oxygens (including phenoxy) is 6. The molecule has 50 heavy (non-hydrogen) atoms. The van der Waals surface area contributed by atoms with E-state index in [4.69, 9.17) is 33.5 Å². The van der Waals surface area contributed by atoms with Crippen LogP contribution in [0.25, 0.3) is 0 Å². The minimum atomic E-state index is -1.57. The molecule has 12 nitrogen and oxygen atoms in total. The van der Waals surface area contributed by atoms with Crippen molar-refractivity contribution < 1.29 is 57.5 Å². The van der Waals surface area contributed by atoms with Gasteiger partial charge in [0.05, 0.1) is 28.9 Å². The summed E-state index contributed by atoms with van der Waals surface area (Å²) in [4.78, 5) is 64.7. The van der Waals surface area contributed by atoms with Crippen LogP contribution in [0.2, 0.25) is 0 Å². The Kier molecular flexibility index (Phi) is 12.4. The maximum atomic E-state index is 13.6. The smallest absolute Gasteiger partial charge is 0.338 e. The largest absolute Gasteiger partial charge is 0.481 e. The van der Waals surface area contributed by atoms with E-state index < -0.39 is 67.2 Å². The van der Waals surface area contributed by atoms with Crippen molar-refractivity contribution in [2.45, 2.75) is 43.5 Å². The highest BCUT2D eigenvalue weighted by Gasteiger charge is 2.53. The van der Waals surface area contributed by atoms with Gasteiger partial charge in [0.25, 0.3) is 0 Å². The molecule has 0 aromatic heterocycles. The van der Waals surface area contributed by atoms with Crippen molar-refractivity contribution in [3.63, 3.8) is 0 Å². The van der Waals surface area contributed by atoms with Gasteiger partial charge < -0.3 is 33.5 Å². The summed E-state index contributed by atoms with van der Waals surface area (Å²) in [6.07, 6.45) is -7.60. The van der Waals surface area contributed by atoms with Crippen LogP contribution in [0.1, 0.15) is 54.3 Å². The van der Waals surface area contributed by atoms with Crippen LogP contribution in [0, 0.1) is 0 Å². The fourth-order valence-corrected chi connectivity index (χ4v) is 5.08. The van der Waals surface area contributed by atoms with Gasteiger partial charge in [0.1, 0.15) is 12.7 Å². The summed E-state index contributed by atoms with van der Waals surface area (Å²) in [5.74, 6) is -4.27. The van der Waals surface area contributed by atoms with Gasteiger partial charge in [-0.2, -0.15) is 0 Å². The van der Waals surface area contributed by atoms with E-state index in [9.17, 15) is 24.0 Å². The summed E-state index contributed by atoms with van der Waals surface area (Å²) in [5.41, 5.74) is 0.697. The van der Waals surface area contributed by atoms with Gasteiger partial charge in [-0.25, -0.2) is 19.2 Å². The standard InChI is InChI=1S/C38H34O12/c39-30(40)22-13-23-45-38-33(50-37(44)28-20-11-4-12-21-28)32(49-36(43)27-18-9-3-10-19-27)31(48-35(42)26-16-7-2-8-17-26)29(47-38)24-46-34(41)25-14-5-1-6-15-25/h1-12,14-21,29,31-33,38H,13,22-24H2,(H,39,40)/t29-,31-,32+,33-,38-/m1/s1. The third-order valence-electron chi connectivity index (χ3n) is 7.55. The molecule has 0 bridgehead atoms. The van der Waals surface area contributed by atoms with Crippen LogP contribution >= 0.6 is 0 Å². The third-order valence-corrected chi connectivity index (χ3v) is 7.55. The lowest BCUT2D eigenvalue weighted by Gasteiger charge is -2.44. The summed E-state index contributed by atoms with van der Waals surface area (Å²) >= 11 is 0. The number of rotatable bonds is 14. The lowest BCUT2D eigenvalue weighted by molar-refractivity contribution is -0.298. The number of carbonyl (C=O) groups is 5. The SMILES string of the molecule is O=C(O)CCCO[C@@H]1O[C@H](COC(=O)c2ccccc2)[C@@H](OC(=O)c2ccccc2)[C@H](OC(=O)c2ccccc2)[C@H]1OC(=O)c1ccccc1. The average molecular weight is 683 g/mol. The highest BCUT2D eigenvalue weighted by atomic mass is 16.7. The Morgan fingerprint density at radius 1 is 0.540 bits per heavy atom. The molecule has 1 aliphatic rings. The molecule has 258 valence electrons. The van der Waals surface area contributed by atoms with E-state index in [1.54, 1.807) is 84.9 Å². The first-order valence-electron chi connectivity index (χ1n) is 15.8. The molecule has 0 radical (unpaired) electrons. The van der Waals surface area contributed by atoms with Gasteiger partial charge in [0, 0.05) is 6.42 Å². The summed E-state index contributed by atoms with van der Waals surface area (Å²) in [6.45, 7) is -0.672. The van der Waals surface area contributed by atoms with E-state index in [2.05, 4.69) is 0 Å². The minimum absolute atomic E-state index is 0.0586. The van der Waals surface area contributed by atoms with Gasteiger partial charge in [-0.15, -0.1) is 0 Å². The quantitative estimate of drug-likeness (QED) is 0.106. The number of carboxylic acids is 1. The predicted molar refractivity (Wildman–Crippen MR) is 175 cm³/mol. The topological polar surface area (TPSA) is 161 Å². The molecule has 0 unspecified atom stereocenters. The van der Waals surface area contributed by atoms with Crippen LogP contribution in [-0.4, -0.2) is 78.9 Å². The lowest BCUT2D eigenvalue weighted by atomic mass is 9.97. The lowest BCUT2D eigenvalue weighted by Crippen LogP contribution is -2.63. The molecule has 5 rings (SSSR count). The molecule has 1 N–H and O–H groups in total. The fraction of sp³-hybridized carbons (Fsp3) is 0.237. The molecule has 0 saturated carbocycles. The Morgan fingerprint density at radius 2 is 0.940 bits per heavy atom. The number of carboxylic acid groups (broad SMARTS) is 1. The summed E-state index contributed by atoms with van der Waals surface area (Å²) in [5, 5.41) is 9.16. The third kappa shape index (κ3) is 9.62. The van der Waals surface area contributed by atoms with Crippen molar-refractivity contribution in [3.05, 3.63) is 144 Å². The predicted octanol–water partition coefficient (Wildman–Crippen LogP) is 5.13. The normalized spacial score (nSPS) is 19.8. The molecule has 0 aliphatic carbocycles. The van der Waals surface area contributed by atoms with Crippen LogP contribution in [0.3, 0.4) is 0 Å². The van der Waals surface area contributed by atoms with E-state index in [0.29, 0.717) is 0 Å². The van der Waals surface area contributed by atoms with Gasteiger partial charge in [0.2, 0.25) is 0 Å². The van der Waals surface area contributed by atoms with Gasteiger partial charge in [-0.1, -0.05) is 72.8 Å². The first-order chi connectivity index (χ1) is 24.3. The summed E-state index contributed by atoms with van der Waals surface area (Å²) < 4.78 is 35.5. The Bertz CT molecular complexity index is 1730. The number of carbonyl (C=O) groups excluding carboxylic acids is 4. The highest BCUT2D eigenvalue weighted by Crippen LogP contribution is 2.32. The number of benzene rings is 4. The van der Waals surface area contributed by atoms with Crippen molar-refractivity contribution >= 4 is 29.8 Å². The maximum Gasteiger partial charge on any atom is 0.338 e. The number of hydrogen-bond acceptors (Lipinski definition) is 11. The molecule has 0 amide bonds. The zero-order chi connectivity index (χ0) is 35.3. The Labute approximate surface area is 287 Å². The van der Waals surface area contributed by atoms with Crippen LogP contribution < -0.4 is 0 Å². The molecule has 1 saturated heterocycles. The van der Waals surface area contributed by atoms with Crippen LogP contribution in [0.4, 0.5) is 0 Å². The maximum absolute atomic E-state index is 13.6. The molecule has 0 spiro atoms. The first-order valence-corrected chi connectivity index (χ1v) is 15.8. The number of esters is 4. The zero-order valence-electron chi connectivity index (χ0n) is 26.7. The summed E-state index contributed by atoms with van der Waals surface area (Å²) in [7, 11) is 0. The second-order valence-corrected chi connectivity index (χ2v) is 11.1. The van der Waals surface area contributed by atoms with Crippen LogP contribution in [0.5, 0.6) is 0 Å². The van der Waals surface area contributed by atoms with Crippen molar-refractivity contribution in [2.24, 2.45) is 0 Å². The molecular weight excluding hydrogens is 648 g/mol. The van der Waals surface area contributed by atoms with Gasteiger partial charge in [0.15, 0.2) is 24.6 Å². The number of hydrogen-bond donors (Lipinski definition) is 1. The molecule has 12 heteroatoms. The Balaban J connectivity index is 1.53. The van der Waals surface area contributed by atoms with Gasteiger partial charge in [-0.3, -0.25) is 4.79 Å². The van der Waals surface area contributed by atoms with Crippen molar-refractivity contribution in [3.8, 4) is 0 Å². The monoisotopic (exact) mass is 682 g/mol. The fourth-order valence-electron chi connectivity index (χ4n) is 5.08. The van der Waals surface area contributed by atoms with Crippen molar-refractivity contribution in [1.82, 2.24) is 0 Å². The molecule has 1 fully saturated rings. The molecule has 1 heterocycles. The molecule has 4 aromatic carbocycles. The molecule has 1 aliphatic heterocycles. The van der Waals surface area contributed by atoms with E-state index in [-0.39, 0.29) is 41.7 Å². The molecular formula is C38H34O12. The summed E-state index contributed by atoms with van der Waals surface area (Å²) in [6, 6.07) is 32.1. The van der Waals surface area contributed by atoms with E-state index in [1.807, 2.05) is 0 Å². The Hall–Kier alpha value is -5.85.